The number of hydrogen-bond donors (Lipinski definition) is 2. The fraction of sp³-hybridized carbons (Fsp3) is 0.562. The van der Waals surface area contributed by atoms with Crippen molar-refractivity contribution in [3.05, 3.63) is 23.8 Å². The van der Waals surface area contributed by atoms with Crippen molar-refractivity contribution in [3.8, 4) is 0 Å². The van der Waals surface area contributed by atoms with Crippen LogP contribution in [0.25, 0.3) is 0 Å². The Morgan fingerprint density at radius 3 is 2.67 bits per heavy atom. The molecule has 0 spiro atoms. The van der Waals surface area contributed by atoms with Crippen molar-refractivity contribution >= 4 is 17.3 Å². The molecule has 1 amide bonds. The van der Waals surface area contributed by atoms with E-state index in [9.17, 15) is 4.79 Å². The number of ether oxygens (including phenoxy) is 2. The second-order valence-electron chi connectivity index (χ2n) is 5.78. The van der Waals surface area contributed by atoms with Gasteiger partial charge < -0.3 is 20.5 Å². The van der Waals surface area contributed by atoms with E-state index in [0.717, 1.165) is 18.4 Å². The Labute approximate surface area is 125 Å². The van der Waals surface area contributed by atoms with E-state index in [0.29, 0.717) is 11.4 Å². The molecule has 0 bridgehead atoms. The maximum atomic E-state index is 11.9. The summed E-state index contributed by atoms with van der Waals surface area (Å²) < 4.78 is 11.3. The maximum Gasteiger partial charge on any atom is 0.250 e. The van der Waals surface area contributed by atoms with E-state index in [-0.39, 0.29) is 30.8 Å². The molecular weight excluding hydrogens is 268 g/mol. The number of rotatable bonds is 4. The molecule has 5 nitrogen and oxygen atoms in total. The van der Waals surface area contributed by atoms with Crippen molar-refractivity contribution < 1.29 is 14.3 Å². The van der Waals surface area contributed by atoms with Crippen LogP contribution in [0.15, 0.2) is 18.2 Å². The highest BCUT2D eigenvalue weighted by Crippen LogP contribution is 2.21. The van der Waals surface area contributed by atoms with Gasteiger partial charge in [0, 0.05) is 11.4 Å². The average Bonchev–Trinajstić information content (AvgIpc) is 2.40. The predicted molar refractivity (Wildman–Crippen MR) is 83.2 cm³/mol. The first-order valence-corrected chi connectivity index (χ1v) is 7.37. The fourth-order valence-corrected chi connectivity index (χ4v) is 2.59. The predicted octanol–water partition coefficient (Wildman–Crippen LogP) is 2.49. The number of aryl methyl sites for hydroxylation is 1. The van der Waals surface area contributed by atoms with Gasteiger partial charge in [-0.1, -0.05) is 6.07 Å². The van der Waals surface area contributed by atoms with E-state index in [2.05, 4.69) is 5.32 Å². The highest BCUT2D eigenvalue weighted by atomic mass is 16.5. The largest absolute Gasteiger partial charge is 0.398 e. The number of carbonyl (C=O) groups is 1. The molecule has 1 aliphatic rings. The number of anilines is 2. The van der Waals surface area contributed by atoms with Crippen LogP contribution in [0.3, 0.4) is 0 Å². The van der Waals surface area contributed by atoms with Crippen molar-refractivity contribution in [3.63, 3.8) is 0 Å². The topological polar surface area (TPSA) is 73.6 Å². The Morgan fingerprint density at radius 2 is 2.05 bits per heavy atom. The molecule has 0 aromatic heterocycles. The molecule has 0 saturated carbocycles. The van der Waals surface area contributed by atoms with Crippen molar-refractivity contribution in [2.75, 3.05) is 17.7 Å². The Kier molecular flexibility index (Phi) is 5.20. The minimum atomic E-state index is -0.162. The lowest BCUT2D eigenvalue weighted by Gasteiger charge is -2.31. The summed E-state index contributed by atoms with van der Waals surface area (Å²) >= 11 is 0. The second-order valence-corrected chi connectivity index (χ2v) is 5.78. The van der Waals surface area contributed by atoms with Crippen molar-refractivity contribution in [1.82, 2.24) is 0 Å². The number of amides is 1. The van der Waals surface area contributed by atoms with Gasteiger partial charge in [0.25, 0.3) is 0 Å². The SMILES string of the molecule is Cc1ccc(NC(=O)COC2CC(C)OC(C)C2)cc1N. The molecule has 21 heavy (non-hydrogen) atoms. The Balaban J connectivity index is 1.80. The molecule has 2 unspecified atom stereocenters. The summed E-state index contributed by atoms with van der Waals surface area (Å²) in [6.45, 7) is 6.04. The molecular formula is C16H24N2O3. The molecule has 1 aliphatic heterocycles. The molecule has 0 aliphatic carbocycles. The molecule has 0 radical (unpaired) electrons. The number of nitrogen functional groups attached to an aromatic ring is 1. The van der Waals surface area contributed by atoms with Gasteiger partial charge in [-0.15, -0.1) is 0 Å². The third-order valence-electron chi connectivity index (χ3n) is 3.67. The maximum absolute atomic E-state index is 11.9. The van der Waals surface area contributed by atoms with E-state index in [4.69, 9.17) is 15.2 Å². The smallest absolute Gasteiger partial charge is 0.250 e. The molecule has 2 rings (SSSR count). The van der Waals surface area contributed by atoms with Crippen LogP contribution in [-0.2, 0) is 14.3 Å². The van der Waals surface area contributed by atoms with E-state index in [1.54, 1.807) is 6.07 Å². The highest BCUT2D eigenvalue weighted by molar-refractivity contribution is 5.92. The van der Waals surface area contributed by atoms with Crippen molar-refractivity contribution in [1.29, 1.82) is 0 Å². The van der Waals surface area contributed by atoms with Gasteiger partial charge in [0.1, 0.15) is 6.61 Å². The number of nitrogens with two attached hydrogens (primary N) is 1. The van der Waals surface area contributed by atoms with E-state index in [1.807, 2.05) is 32.9 Å². The number of carbonyl (C=O) groups excluding carboxylic acids is 1. The number of nitrogens with one attached hydrogen (secondary N) is 1. The summed E-state index contributed by atoms with van der Waals surface area (Å²) in [7, 11) is 0. The molecule has 116 valence electrons. The van der Waals surface area contributed by atoms with Crippen LogP contribution in [0.2, 0.25) is 0 Å². The van der Waals surface area contributed by atoms with Gasteiger partial charge in [0.2, 0.25) is 5.91 Å². The minimum Gasteiger partial charge on any atom is -0.398 e. The number of hydrogen-bond acceptors (Lipinski definition) is 4. The van der Waals surface area contributed by atoms with Gasteiger partial charge in [-0.05, 0) is 51.3 Å². The van der Waals surface area contributed by atoms with Crippen molar-refractivity contribution in [2.45, 2.75) is 51.9 Å². The normalized spacial score (nSPS) is 25.6. The van der Waals surface area contributed by atoms with Crippen LogP contribution < -0.4 is 11.1 Å². The zero-order valence-electron chi connectivity index (χ0n) is 12.9. The molecule has 2 atom stereocenters. The van der Waals surface area contributed by atoms with E-state index in [1.165, 1.54) is 0 Å². The summed E-state index contributed by atoms with van der Waals surface area (Å²) in [6.07, 6.45) is 2.10. The Morgan fingerprint density at radius 1 is 1.38 bits per heavy atom. The Hall–Kier alpha value is -1.59. The third-order valence-corrected chi connectivity index (χ3v) is 3.67. The standard InChI is InChI=1S/C16H24N2O3/c1-10-4-5-13(8-15(10)17)18-16(19)9-20-14-6-11(2)21-12(3)7-14/h4-5,8,11-12,14H,6-7,9,17H2,1-3H3,(H,18,19). The van der Waals surface area contributed by atoms with E-state index < -0.39 is 0 Å². The molecule has 5 heteroatoms. The lowest BCUT2D eigenvalue weighted by Crippen LogP contribution is -2.35. The van der Waals surface area contributed by atoms with Crippen LogP contribution >= 0.6 is 0 Å². The third kappa shape index (κ3) is 4.72. The summed E-state index contributed by atoms with van der Waals surface area (Å²) in [5, 5.41) is 2.80. The van der Waals surface area contributed by atoms with Crippen LogP contribution in [0.4, 0.5) is 11.4 Å². The van der Waals surface area contributed by atoms with Crippen LogP contribution in [0, 0.1) is 6.92 Å². The number of benzene rings is 1. The highest BCUT2D eigenvalue weighted by Gasteiger charge is 2.25. The van der Waals surface area contributed by atoms with Crippen molar-refractivity contribution in [2.24, 2.45) is 0 Å². The minimum absolute atomic E-state index is 0.0535. The zero-order chi connectivity index (χ0) is 15.4. The summed E-state index contributed by atoms with van der Waals surface area (Å²) in [5.74, 6) is -0.162. The first kappa shape index (κ1) is 15.8. The zero-order valence-corrected chi connectivity index (χ0v) is 12.9. The van der Waals surface area contributed by atoms with Crippen LogP contribution in [0.5, 0.6) is 0 Å². The molecule has 1 heterocycles. The lowest BCUT2D eigenvalue weighted by atomic mass is 10.0. The Bertz CT molecular complexity index is 494. The van der Waals surface area contributed by atoms with Gasteiger partial charge in [0.15, 0.2) is 0 Å². The monoisotopic (exact) mass is 292 g/mol. The van der Waals surface area contributed by atoms with Gasteiger partial charge in [-0.2, -0.15) is 0 Å². The first-order chi connectivity index (χ1) is 9.94. The van der Waals surface area contributed by atoms with Gasteiger partial charge in [0.05, 0.1) is 18.3 Å². The molecule has 3 N–H and O–H groups in total. The van der Waals surface area contributed by atoms with Gasteiger partial charge in [-0.25, -0.2) is 0 Å². The quantitative estimate of drug-likeness (QED) is 0.836. The summed E-state index contributed by atoms with van der Waals surface area (Å²) in [5.41, 5.74) is 8.18. The summed E-state index contributed by atoms with van der Waals surface area (Å²) in [4.78, 5) is 11.9. The average molecular weight is 292 g/mol. The fourth-order valence-electron chi connectivity index (χ4n) is 2.59. The van der Waals surface area contributed by atoms with Gasteiger partial charge in [-0.3, -0.25) is 4.79 Å². The molecule has 1 fully saturated rings. The van der Waals surface area contributed by atoms with Crippen LogP contribution in [-0.4, -0.2) is 30.8 Å². The second kappa shape index (κ2) is 6.91. The first-order valence-electron chi connectivity index (χ1n) is 7.37. The lowest BCUT2D eigenvalue weighted by molar-refractivity contribution is -0.131. The molecule has 1 aromatic carbocycles. The molecule has 1 aromatic rings. The van der Waals surface area contributed by atoms with E-state index >= 15 is 0 Å². The molecule has 1 saturated heterocycles. The van der Waals surface area contributed by atoms with Crippen LogP contribution in [0.1, 0.15) is 32.3 Å². The van der Waals surface area contributed by atoms with Gasteiger partial charge >= 0.3 is 0 Å². The summed E-state index contributed by atoms with van der Waals surface area (Å²) in [6, 6.07) is 5.47.